The summed E-state index contributed by atoms with van der Waals surface area (Å²) in [6.07, 6.45) is 0.661. The van der Waals surface area contributed by atoms with Crippen LogP contribution in [-0.2, 0) is 15.1 Å². The lowest BCUT2D eigenvalue weighted by atomic mass is 9.96. The summed E-state index contributed by atoms with van der Waals surface area (Å²) < 4.78 is 10.4. The molecule has 2 atom stereocenters. The third-order valence-electron chi connectivity index (χ3n) is 3.43. The molecule has 0 radical (unpaired) electrons. The predicted molar refractivity (Wildman–Crippen MR) is 76.4 cm³/mol. The maximum absolute atomic E-state index is 11.9. The molecule has 1 rings (SSSR count). The summed E-state index contributed by atoms with van der Waals surface area (Å²) in [5, 5.41) is 13.3. The number of aryl methyl sites for hydroxylation is 2. The number of hydrogen-bond acceptors (Lipinski definition) is 4. The zero-order chi connectivity index (χ0) is 15.3. The molecule has 0 saturated carbocycles. The Labute approximate surface area is 120 Å². The van der Waals surface area contributed by atoms with Crippen LogP contribution >= 0.6 is 0 Å². The number of nitrogens with one attached hydrogen (secondary N) is 1. The minimum absolute atomic E-state index is 0.0832. The topological polar surface area (TPSA) is 71.7 Å². The van der Waals surface area contributed by atoms with E-state index in [1.165, 1.54) is 0 Å². The molecule has 1 aromatic rings. The summed E-state index contributed by atoms with van der Waals surface area (Å²) in [5.74, 6) is 1.20. The van der Waals surface area contributed by atoms with Crippen LogP contribution in [0.2, 0.25) is 0 Å². The van der Waals surface area contributed by atoms with Gasteiger partial charge in [-0.15, -0.1) is 0 Å². The molecule has 5 nitrogen and oxygen atoms in total. The molecule has 114 valence electrons. The van der Waals surface area contributed by atoms with Gasteiger partial charge in [0.15, 0.2) is 0 Å². The smallest absolute Gasteiger partial charge is 0.223 e. The van der Waals surface area contributed by atoms with Gasteiger partial charge in [-0.1, -0.05) is 6.92 Å². The van der Waals surface area contributed by atoms with Gasteiger partial charge in [0.25, 0.3) is 0 Å². The molecule has 20 heavy (non-hydrogen) atoms. The highest BCUT2D eigenvalue weighted by Gasteiger charge is 2.28. The first-order chi connectivity index (χ1) is 9.27. The summed E-state index contributed by atoms with van der Waals surface area (Å²) in [7, 11) is 1.61. The van der Waals surface area contributed by atoms with Crippen LogP contribution in [0.25, 0.3) is 0 Å². The SMILES string of the molecule is COCCC(C)C(=O)NCC(C)(O)c1cc(C)oc1C. The molecule has 0 saturated heterocycles. The molecule has 0 aliphatic carbocycles. The second kappa shape index (κ2) is 6.90. The number of amides is 1. The van der Waals surface area contributed by atoms with Crippen LogP contribution in [0.3, 0.4) is 0 Å². The molecule has 0 spiro atoms. The van der Waals surface area contributed by atoms with Crippen LogP contribution in [-0.4, -0.2) is 31.3 Å². The number of aliphatic hydroxyl groups is 1. The summed E-state index contributed by atoms with van der Waals surface area (Å²) >= 11 is 0. The largest absolute Gasteiger partial charge is 0.466 e. The highest BCUT2D eigenvalue weighted by molar-refractivity contribution is 5.78. The Kier molecular flexibility index (Phi) is 5.77. The number of carbonyl (C=O) groups is 1. The molecule has 5 heteroatoms. The van der Waals surface area contributed by atoms with E-state index < -0.39 is 5.60 Å². The zero-order valence-electron chi connectivity index (χ0n) is 12.9. The molecule has 0 aliphatic heterocycles. The Balaban J connectivity index is 2.59. The molecular formula is C15H25NO4. The van der Waals surface area contributed by atoms with Gasteiger partial charge in [-0.2, -0.15) is 0 Å². The Morgan fingerprint density at radius 1 is 1.55 bits per heavy atom. The van der Waals surface area contributed by atoms with Crippen LogP contribution in [0.1, 0.15) is 37.4 Å². The van der Waals surface area contributed by atoms with Gasteiger partial charge >= 0.3 is 0 Å². The van der Waals surface area contributed by atoms with Crippen LogP contribution in [0.4, 0.5) is 0 Å². The first-order valence-electron chi connectivity index (χ1n) is 6.84. The van der Waals surface area contributed by atoms with Crippen LogP contribution in [0.15, 0.2) is 10.5 Å². The van der Waals surface area contributed by atoms with Gasteiger partial charge < -0.3 is 19.6 Å². The molecule has 1 heterocycles. The van der Waals surface area contributed by atoms with E-state index in [1.54, 1.807) is 27.0 Å². The molecular weight excluding hydrogens is 258 g/mol. The number of ether oxygens (including phenoxy) is 1. The Bertz CT molecular complexity index is 451. The van der Waals surface area contributed by atoms with Crippen molar-refractivity contribution in [3.8, 4) is 0 Å². The van der Waals surface area contributed by atoms with Crippen LogP contribution in [0.5, 0.6) is 0 Å². The number of hydrogen-bond donors (Lipinski definition) is 2. The highest BCUT2D eigenvalue weighted by atomic mass is 16.5. The Morgan fingerprint density at radius 2 is 2.20 bits per heavy atom. The second-order valence-corrected chi connectivity index (χ2v) is 5.50. The van der Waals surface area contributed by atoms with Crippen molar-refractivity contribution in [1.29, 1.82) is 0 Å². The van der Waals surface area contributed by atoms with Crippen molar-refractivity contribution in [3.63, 3.8) is 0 Å². The molecule has 0 bridgehead atoms. The van der Waals surface area contributed by atoms with Gasteiger partial charge in [0.1, 0.15) is 17.1 Å². The molecule has 0 fully saturated rings. The van der Waals surface area contributed by atoms with E-state index >= 15 is 0 Å². The minimum atomic E-state index is -1.14. The average Bonchev–Trinajstić information content (AvgIpc) is 2.73. The van der Waals surface area contributed by atoms with Gasteiger partial charge in [0, 0.05) is 25.2 Å². The van der Waals surface area contributed by atoms with Crippen molar-refractivity contribution in [1.82, 2.24) is 5.32 Å². The Hall–Kier alpha value is -1.33. The third kappa shape index (κ3) is 4.35. The fourth-order valence-corrected chi connectivity index (χ4v) is 2.12. The number of furan rings is 1. The van der Waals surface area contributed by atoms with Crippen molar-refractivity contribution in [2.75, 3.05) is 20.3 Å². The van der Waals surface area contributed by atoms with Crippen molar-refractivity contribution >= 4 is 5.91 Å². The normalized spacial score (nSPS) is 15.7. The summed E-state index contributed by atoms with van der Waals surface area (Å²) in [6.45, 7) is 7.85. The standard InChI is InChI=1S/C15H25NO4/c1-10(6-7-19-5)14(17)16-9-15(4,18)13-8-11(2)20-12(13)3/h8,10,18H,6-7,9H2,1-5H3,(H,16,17). The van der Waals surface area contributed by atoms with E-state index in [2.05, 4.69) is 5.32 Å². The first-order valence-corrected chi connectivity index (χ1v) is 6.84. The van der Waals surface area contributed by atoms with Gasteiger partial charge in [-0.05, 0) is 33.3 Å². The molecule has 0 aliphatic rings. The fourth-order valence-electron chi connectivity index (χ4n) is 2.12. The summed E-state index contributed by atoms with van der Waals surface area (Å²) in [4.78, 5) is 11.9. The minimum Gasteiger partial charge on any atom is -0.466 e. The van der Waals surface area contributed by atoms with Crippen LogP contribution < -0.4 is 5.32 Å². The van der Waals surface area contributed by atoms with E-state index in [1.807, 2.05) is 13.8 Å². The lowest BCUT2D eigenvalue weighted by Gasteiger charge is -2.24. The third-order valence-corrected chi connectivity index (χ3v) is 3.43. The summed E-state index contributed by atoms with van der Waals surface area (Å²) in [5.41, 5.74) is -0.432. The first kappa shape index (κ1) is 16.7. The predicted octanol–water partition coefficient (Wildman–Crippen LogP) is 1.89. The average molecular weight is 283 g/mol. The maximum atomic E-state index is 11.9. The molecule has 1 aromatic heterocycles. The van der Waals surface area contributed by atoms with Gasteiger partial charge in [0.2, 0.25) is 5.91 Å². The number of carbonyl (C=O) groups excluding carboxylic acids is 1. The highest BCUT2D eigenvalue weighted by Crippen LogP contribution is 2.26. The van der Waals surface area contributed by atoms with E-state index in [4.69, 9.17) is 9.15 Å². The van der Waals surface area contributed by atoms with Gasteiger partial charge in [0.05, 0.1) is 6.54 Å². The van der Waals surface area contributed by atoms with Crippen molar-refractivity contribution in [2.24, 2.45) is 5.92 Å². The van der Waals surface area contributed by atoms with Crippen LogP contribution in [0, 0.1) is 19.8 Å². The van der Waals surface area contributed by atoms with E-state index in [0.717, 1.165) is 5.76 Å². The quantitative estimate of drug-likeness (QED) is 0.801. The molecule has 2 unspecified atom stereocenters. The Morgan fingerprint density at radius 3 is 2.70 bits per heavy atom. The monoisotopic (exact) mass is 283 g/mol. The zero-order valence-corrected chi connectivity index (χ0v) is 12.9. The maximum Gasteiger partial charge on any atom is 0.223 e. The van der Waals surface area contributed by atoms with Gasteiger partial charge in [-0.25, -0.2) is 0 Å². The summed E-state index contributed by atoms with van der Waals surface area (Å²) in [6, 6.07) is 1.80. The molecule has 2 N–H and O–H groups in total. The number of rotatable bonds is 7. The van der Waals surface area contributed by atoms with Gasteiger partial charge in [-0.3, -0.25) is 4.79 Å². The van der Waals surface area contributed by atoms with E-state index in [9.17, 15) is 9.90 Å². The van der Waals surface area contributed by atoms with Crippen molar-refractivity contribution < 1.29 is 19.1 Å². The number of methoxy groups -OCH3 is 1. The lowest BCUT2D eigenvalue weighted by molar-refractivity contribution is -0.126. The van der Waals surface area contributed by atoms with E-state index in [0.29, 0.717) is 24.4 Å². The lowest BCUT2D eigenvalue weighted by Crippen LogP contribution is -2.41. The molecule has 1 amide bonds. The fraction of sp³-hybridized carbons (Fsp3) is 0.667. The van der Waals surface area contributed by atoms with Crippen molar-refractivity contribution in [3.05, 3.63) is 23.2 Å². The van der Waals surface area contributed by atoms with Crippen molar-refractivity contribution in [2.45, 2.75) is 39.7 Å². The van der Waals surface area contributed by atoms with E-state index in [-0.39, 0.29) is 18.4 Å². The molecule has 0 aromatic carbocycles. The second-order valence-electron chi connectivity index (χ2n) is 5.50.